The number of esters is 3. The molecule has 0 atom stereocenters. The first-order chi connectivity index (χ1) is 20.9. The van der Waals surface area contributed by atoms with Crippen LogP contribution >= 0.6 is 0 Å². The molecule has 230 valence electrons. The molecule has 3 aromatic rings. The van der Waals surface area contributed by atoms with Crippen molar-refractivity contribution in [2.75, 3.05) is 13.2 Å². The van der Waals surface area contributed by atoms with E-state index >= 15 is 0 Å². The molecule has 0 unspecified atom stereocenters. The molecule has 0 saturated carbocycles. The van der Waals surface area contributed by atoms with Gasteiger partial charge in [0, 0.05) is 0 Å². The summed E-state index contributed by atoms with van der Waals surface area (Å²) in [4.78, 5) is 47.1. The van der Waals surface area contributed by atoms with Crippen molar-refractivity contribution in [1.82, 2.24) is 0 Å². The van der Waals surface area contributed by atoms with E-state index in [0.29, 0.717) is 13.2 Å². The number of unbranched alkanes of at least 4 members (excludes halogenated alkanes) is 6. The van der Waals surface area contributed by atoms with Crippen molar-refractivity contribution < 1.29 is 38.5 Å². The first-order valence-electron chi connectivity index (χ1n) is 14.9. The van der Waals surface area contributed by atoms with E-state index in [4.69, 9.17) is 19.3 Å². The highest BCUT2D eigenvalue weighted by Gasteiger charge is 2.19. The van der Waals surface area contributed by atoms with Gasteiger partial charge in [0.2, 0.25) is 0 Å². The van der Waals surface area contributed by atoms with Crippen LogP contribution in [-0.2, 0) is 20.8 Å². The van der Waals surface area contributed by atoms with E-state index in [1.807, 2.05) is 37.3 Å². The van der Waals surface area contributed by atoms with Crippen molar-refractivity contribution in [2.45, 2.75) is 71.8 Å². The summed E-state index contributed by atoms with van der Waals surface area (Å²) in [6.45, 7) is 5.10. The lowest BCUT2D eigenvalue weighted by Gasteiger charge is -2.09. The standard InChI is InChI=1S/C20H30O4.C15H12O4/c1-3-5-7-8-9-12-16-24-20(22)18-14-11-10-13-17(18)19(21)23-15-6-4-2;16-14(17)12-8-4-5-9-13(12)15(18)19-10-11-6-2-1-3-7-11/h10-11,13-14H,3-9,12,15-16H2,1-2H3;1-9H,10H2,(H,16,17). The van der Waals surface area contributed by atoms with Crippen LogP contribution in [0.15, 0.2) is 78.9 Å². The summed E-state index contributed by atoms with van der Waals surface area (Å²) in [6.07, 6.45) is 8.58. The van der Waals surface area contributed by atoms with Crippen LogP contribution in [0.5, 0.6) is 0 Å². The molecule has 8 nitrogen and oxygen atoms in total. The number of carbonyl (C=O) groups excluding carboxylic acids is 3. The van der Waals surface area contributed by atoms with Gasteiger partial charge < -0.3 is 19.3 Å². The minimum Gasteiger partial charge on any atom is -0.478 e. The molecule has 0 heterocycles. The summed E-state index contributed by atoms with van der Waals surface area (Å²) in [5, 5.41) is 8.99. The zero-order valence-corrected chi connectivity index (χ0v) is 25.1. The second kappa shape index (κ2) is 20.4. The van der Waals surface area contributed by atoms with Gasteiger partial charge in [-0.15, -0.1) is 0 Å². The highest BCUT2D eigenvalue weighted by Crippen LogP contribution is 2.14. The first-order valence-corrected chi connectivity index (χ1v) is 14.9. The smallest absolute Gasteiger partial charge is 0.339 e. The van der Waals surface area contributed by atoms with Gasteiger partial charge in [0.25, 0.3) is 0 Å². The number of hydrogen-bond acceptors (Lipinski definition) is 7. The van der Waals surface area contributed by atoms with E-state index in [9.17, 15) is 19.2 Å². The summed E-state index contributed by atoms with van der Waals surface area (Å²) < 4.78 is 15.6. The van der Waals surface area contributed by atoms with Crippen LogP contribution in [0.4, 0.5) is 0 Å². The van der Waals surface area contributed by atoms with E-state index in [1.165, 1.54) is 37.8 Å². The zero-order valence-electron chi connectivity index (χ0n) is 25.1. The molecule has 0 aromatic heterocycles. The number of carboxylic acids is 1. The Balaban J connectivity index is 0.000000307. The Morgan fingerprint density at radius 3 is 1.47 bits per heavy atom. The molecule has 0 radical (unpaired) electrons. The molecule has 8 heteroatoms. The van der Waals surface area contributed by atoms with Gasteiger partial charge in [-0.2, -0.15) is 0 Å². The van der Waals surface area contributed by atoms with E-state index in [-0.39, 0.29) is 28.9 Å². The average molecular weight is 591 g/mol. The number of carboxylic acid groups (broad SMARTS) is 1. The third kappa shape index (κ3) is 12.9. The van der Waals surface area contributed by atoms with Crippen molar-refractivity contribution in [3.8, 4) is 0 Å². The number of ether oxygens (including phenoxy) is 3. The van der Waals surface area contributed by atoms with Gasteiger partial charge in [0.05, 0.1) is 35.5 Å². The summed E-state index contributed by atoms with van der Waals surface area (Å²) >= 11 is 0. The molecule has 0 spiro atoms. The second-order valence-electron chi connectivity index (χ2n) is 9.85. The minimum absolute atomic E-state index is 0.0550. The number of aromatic carboxylic acids is 1. The molecular formula is C35H42O8. The normalized spacial score (nSPS) is 10.2. The van der Waals surface area contributed by atoms with Crippen LogP contribution in [-0.4, -0.2) is 42.2 Å². The molecule has 3 rings (SSSR count). The van der Waals surface area contributed by atoms with Crippen LogP contribution in [0, 0.1) is 0 Å². The fraction of sp³-hybridized carbons (Fsp3) is 0.371. The summed E-state index contributed by atoms with van der Waals surface area (Å²) in [6, 6.07) is 21.9. The predicted molar refractivity (Wildman–Crippen MR) is 164 cm³/mol. The van der Waals surface area contributed by atoms with Crippen molar-refractivity contribution in [3.63, 3.8) is 0 Å². The molecule has 0 saturated heterocycles. The Hall–Kier alpha value is -4.46. The van der Waals surface area contributed by atoms with Gasteiger partial charge in [-0.3, -0.25) is 0 Å². The van der Waals surface area contributed by atoms with Crippen molar-refractivity contribution in [1.29, 1.82) is 0 Å². The van der Waals surface area contributed by atoms with Gasteiger partial charge in [-0.25, -0.2) is 19.2 Å². The quantitative estimate of drug-likeness (QED) is 0.102. The third-order valence-electron chi connectivity index (χ3n) is 6.42. The molecule has 0 amide bonds. The summed E-state index contributed by atoms with van der Waals surface area (Å²) in [5.74, 6) is -2.70. The summed E-state index contributed by atoms with van der Waals surface area (Å²) in [5.41, 5.74) is 1.42. The van der Waals surface area contributed by atoms with E-state index in [0.717, 1.165) is 31.2 Å². The van der Waals surface area contributed by atoms with Crippen LogP contribution in [0.3, 0.4) is 0 Å². The zero-order chi connectivity index (χ0) is 31.3. The van der Waals surface area contributed by atoms with E-state index < -0.39 is 23.9 Å². The van der Waals surface area contributed by atoms with Gasteiger partial charge in [-0.1, -0.05) is 107 Å². The van der Waals surface area contributed by atoms with Gasteiger partial charge in [0.1, 0.15) is 6.61 Å². The molecule has 0 aliphatic carbocycles. The Morgan fingerprint density at radius 1 is 0.512 bits per heavy atom. The molecular weight excluding hydrogens is 548 g/mol. The maximum Gasteiger partial charge on any atom is 0.339 e. The average Bonchev–Trinajstić information content (AvgIpc) is 3.04. The SMILES string of the molecule is CCCCCCCCOC(=O)c1ccccc1C(=O)OCCCC.O=C(O)c1ccccc1C(=O)OCc1ccccc1. The van der Waals surface area contributed by atoms with Crippen LogP contribution < -0.4 is 0 Å². The Kier molecular flexibility index (Phi) is 16.5. The highest BCUT2D eigenvalue weighted by atomic mass is 16.5. The minimum atomic E-state index is -1.15. The lowest BCUT2D eigenvalue weighted by molar-refractivity contribution is 0.0451. The molecule has 1 N–H and O–H groups in total. The van der Waals surface area contributed by atoms with Crippen LogP contribution in [0.25, 0.3) is 0 Å². The number of hydrogen-bond donors (Lipinski definition) is 1. The Morgan fingerprint density at radius 2 is 0.930 bits per heavy atom. The van der Waals surface area contributed by atoms with Crippen LogP contribution in [0.1, 0.15) is 112 Å². The fourth-order valence-electron chi connectivity index (χ4n) is 4.00. The Bertz CT molecular complexity index is 1290. The van der Waals surface area contributed by atoms with Gasteiger partial charge >= 0.3 is 23.9 Å². The predicted octanol–water partition coefficient (Wildman–Crippen LogP) is 7.90. The van der Waals surface area contributed by atoms with E-state index in [2.05, 4.69) is 6.92 Å². The summed E-state index contributed by atoms with van der Waals surface area (Å²) in [7, 11) is 0. The lowest BCUT2D eigenvalue weighted by atomic mass is 10.1. The molecule has 0 aliphatic heterocycles. The molecule has 0 fully saturated rings. The second-order valence-corrected chi connectivity index (χ2v) is 9.85. The molecule has 3 aromatic carbocycles. The van der Waals surface area contributed by atoms with Crippen molar-refractivity contribution in [3.05, 3.63) is 107 Å². The Labute approximate surface area is 254 Å². The molecule has 0 bridgehead atoms. The molecule has 0 aliphatic rings. The topological polar surface area (TPSA) is 116 Å². The molecule has 43 heavy (non-hydrogen) atoms. The highest BCUT2D eigenvalue weighted by molar-refractivity contribution is 6.03. The largest absolute Gasteiger partial charge is 0.478 e. The maximum atomic E-state index is 12.2. The number of rotatable bonds is 16. The number of carbonyl (C=O) groups is 4. The third-order valence-corrected chi connectivity index (χ3v) is 6.42. The maximum absolute atomic E-state index is 12.2. The number of benzene rings is 3. The monoisotopic (exact) mass is 590 g/mol. The van der Waals surface area contributed by atoms with Crippen LogP contribution in [0.2, 0.25) is 0 Å². The lowest BCUT2D eigenvalue weighted by Crippen LogP contribution is -2.15. The fourth-order valence-corrected chi connectivity index (χ4v) is 4.00. The van der Waals surface area contributed by atoms with Gasteiger partial charge in [-0.05, 0) is 42.7 Å². The van der Waals surface area contributed by atoms with E-state index in [1.54, 1.807) is 36.4 Å². The first kappa shape index (κ1) is 34.7. The van der Waals surface area contributed by atoms with Crippen molar-refractivity contribution >= 4 is 23.9 Å². The van der Waals surface area contributed by atoms with Crippen molar-refractivity contribution in [2.24, 2.45) is 0 Å². The van der Waals surface area contributed by atoms with Gasteiger partial charge in [0.15, 0.2) is 0 Å².